The molecule has 140 valence electrons. The quantitative estimate of drug-likeness (QED) is 0.738. The second-order valence-electron chi connectivity index (χ2n) is 7.91. The van der Waals surface area contributed by atoms with E-state index in [-0.39, 0.29) is 23.3 Å². The predicted octanol–water partition coefficient (Wildman–Crippen LogP) is 0.871. The lowest BCUT2D eigenvalue weighted by atomic mass is 9.79. The molecule has 5 atom stereocenters. The molecule has 1 saturated heterocycles. The van der Waals surface area contributed by atoms with E-state index in [2.05, 4.69) is 10.6 Å². The minimum absolute atomic E-state index is 0.0742. The van der Waals surface area contributed by atoms with Crippen molar-refractivity contribution in [3.05, 3.63) is 69.6 Å². The maximum atomic E-state index is 13.3. The summed E-state index contributed by atoms with van der Waals surface area (Å²) in [7, 11) is 0. The largest absolute Gasteiger partial charge is 0.390 e. The fraction of sp³-hybridized carbons (Fsp3) is 0.429. The number of aliphatic hydroxyl groups is 1. The molecule has 1 aliphatic carbocycles. The average molecular weight is 365 g/mol. The van der Waals surface area contributed by atoms with Gasteiger partial charge in [-0.15, -0.1) is 0 Å². The van der Waals surface area contributed by atoms with Crippen molar-refractivity contribution in [3.8, 4) is 0 Å². The van der Waals surface area contributed by atoms with Gasteiger partial charge in [0, 0.05) is 43.1 Å². The fourth-order valence-corrected chi connectivity index (χ4v) is 5.12. The molecule has 1 amide bonds. The van der Waals surface area contributed by atoms with Gasteiger partial charge in [-0.05, 0) is 23.6 Å². The molecular formula is C21H23N3O3. The second kappa shape index (κ2) is 6.32. The summed E-state index contributed by atoms with van der Waals surface area (Å²) in [6.45, 7) is 1.56. The Balaban J connectivity index is 1.50. The number of benzene rings is 1. The van der Waals surface area contributed by atoms with E-state index in [9.17, 15) is 14.7 Å². The number of fused-ring (bicyclic) bond motifs is 5. The second-order valence-corrected chi connectivity index (χ2v) is 7.91. The molecule has 6 nitrogen and oxygen atoms in total. The molecule has 2 aromatic rings. The third kappa shape index (κ3) is 2.63. The standard InChI is InChI=1S/C21H23N3O3/c25-17-9-12-4-1-2-5-15(12)19(17)23-21(27)20-14-8-13(10-22-11-14)16-6-3-7-18(26)24(16)20/h1-7,13-14,17,19-20,22,25H,8-11H2,(H,23,27)/t13-,14+,17+,19-,20-/m1/s1. The number of carbonyl (C=O) groups excluding carboxylic acids is 1. The van der Waals surface area contributed by atoms with Crippen LogP contribution in [0.4, 0.5) is 0 Å². The third-order valence-electron chi connectivity index (χ3n) is 6.32. The Morgan fingerprint density at radius 2 is 2.00 bits per heavy atom. The molecule has 3 aliphatic rings. The van der Waals surface area contributed by atoms with Gasteiger partial charge in [0.25, 0.3) is 5.56 Å². The SMILES string of the molecule is O=C(N[C@@H]1c2ccccc2C[C@@H]1O)[C@H]1[C@@H]2CNC[C@@H](C2)c2cccc(=O)n21. The highest BCUT2D eigenvalue weighted by Gasteiger charge is 2.43. The number of pyridine rings is 1. The maximum absolute atomic E-state index is 13.3. The van der Waals surface area contributed by atoms with Gasteiger partial charge in [0.1, 0.15) is 6.04 Å². The van der Waals surface area contributed by atoms with E-state index in [0.717, 1.165) is 36.3 Å². The molecule has 2 aliphatic heterocycles. The van der Waals surface area contributed by atoms with E-state index in [1.807, 2.05) is 30.3 Å². The molecule has 6 heteroatoms. The number of hydrogen-bond acceptors (Lipinski definition) is 4. The number of nitrogens with one attached hydrogen (secondary N) is 2. The molecule has 27 heavy (non-hydrogen) atoms. The highest BCUT2D eigenvalue weighted by atomic mass is 16.3. The Morgan fingerprint density at radius 3 is 2.89 bits per heavy atom. The zero-order valence-corrected chi connectivity index (χ0v) is 15.0. The van der Waals surface area contributed by atoms with Crippen molar-refractivity contribution in [1.29, 1.82) is 0 Å². The number of carbonyl (C=O) groups is 1. The summed E-state index contributed by atoms with van der Waals surface area (Å²) in [4.78, 5) is 25.9. The Labute approximate surface area is 157 Å². The molecule has 0 spiro atoms. The number of hydrogen-bond donors (Lipinski definition) is 3. The molecular weight excluding hydrogens is 342 g/mol. The van der Waals surface area contributed by atoms with Gasteiger partial charge in [0.15, 0.2) is 0 Å². The van der Waals surface area contributed by atoms with Crippen molar-refractivity contribution in [3.63, 3.8) is 0 Å². The van der Waals surface area contributed by atoms with Crippen LogP contribution in [0.25, 0.3) is 0 Å². The summed E-state index contributed by atoms with van der Waals surface area (Å²) in [5.41, 5.74) is 2.83. The summed E-state index contributed by atoms with van der Waals surface area (Å²) < 4.78 is 1.68. The average Bonchev–Trinajstić information content (AvgIpc) is 2.98. The minimum atomic E-state index is -0.640. The number of rotatable bonds is 2. The van der Waals surface area contributed by atoms with E-state index in [0.29, 0.717) is 6.42 Å². The summed E-state index contributed by atoms with van der Waals surface area (Å²) in [5.74, 6) is 0.155. The van der Waals surface area contributed by atoms with Gasteiger partial charge in [-0.25, -0.2) is 0 Å². The number of aliphatic hydroxyl groups excluding tert-OH is 1. The van der Waals surface area contributed by atoms with E-state index in [4.69, 9.17) is 0 Å². The Kier molecular flexibility index (Phi) is 3.91. The Morgan fingerprint density at radius 1 is 1.15 bits per heavy atom. The lowest BCUT2D eigenvalue weighted by Gasteiger charge is -2.42. The predicted molar refractivity (Wildman–Crippen MR) is 100 cm³/mol. The normalized spacial score (nSPS) is 31.1. The summed E-state index contributed by atoms with van der Waals surface area (Å²) in [5, 5.41) is 16.9. The van der Waals surface area contributed by atoms with Crippen LogP contribution >= 0.6 is 0 Å². The highest BCUT2D eigenvalue weighted by molar-refractivity contribution is 5.82. The van der Waals surface area contributed by atoms with Crippen LogP contribution in [0.5, 0.6) is 0 Å². The molecule has 1 fully saturated rings. The molecule has 3 N–H and O–H groups in total. The first kappa shape index (κ1) is 16.7. The van der Waals surface area contributed by atoms with Crippen LogP contribution in [-0.4, -0.2) is 34.8 Å². The van der Waals surface area contributed by atoms with E-state index < -0.39 is 18.2 Å². The van der Waals surface area contributed by atoms with Crippen molar-refractivity contribution in [2.24, 2.45) is 5.92 Å². The van der Waals surface area contributed by atoms with Gasteiger partial charge in [0.05, 0.1) is 12.1 Å². The van der Waals surface area contributed by atoms with Crippen LogP contribution in [0.2, 0.25) is 0 Å². The topological polar surface area (TPSA) is 83.4 Å². The number of amides is 1. The van der Waals surface area contributed by atoms with Crippen LogP contribution < -0.4 is 16.2 Å². The lowest BCUT2D eigenvalue weighted by Crippen LogP contribution is -2.53. The van der Waals surface area contributed by atoms with Gasteiger partial charge in [-0.1, -0.05) is 30.3 Å². The molecule has 1 aromatic carbocycles. The van der Waals surface area contributed by atoms with Gasteiger partial charge in [-0.2, -0.15) is 0 Å². The van der Waals surface area contributed by atoms with Gasteiger partial charge < -0.3 is 15.7 Å². The van der Waals surface area contributed by atoms with E-state index >= 15 is 0 Å². The van der Waals surface area contributed by atoms with E-state index in [1.165, 1.54) is 6.07 Å². The summed E-state index contributed by atoms with van der Waals surface area (Å²) in [6.07, 6.45) is 0.799. The first-order valence-electron chi connectivity index (χ1n) is 9.62. The Hall–Kier alpha value is -2.44. The number of piperidine rings is 1. The first-order valence-corrected chi connectivity index (χ1v) is 9.62. The zero-order valence-electron chi connectivity index (χ0n) is 15.0. The lowest BCUT2D eigenvalue weighted by molar-refractivity contribution is -0.128. The van der Waals surface area contributed by atoms with Crippen molar-refractivity contribution >= 4 is 5.91 Å². The molecule has 0 radical (unpaired) electrons. The van der Waals surface area contributed by atoms with Crippen LogP contribution in [-0.2, 0) is 11.2 Å². The molecule has 0 unspecified atom stereocenters. The molecule has 0 saturated carbocycles. The van der Waals surface area contributed by atoms with Crippen molar-refractivity contribution in [2.75, 3.05) is 13.1 Å². The molecule has 2 bridgehead atoms. The van der Waals surface area contributed by atoms with Crippen LogP contribution in [0.1, 0.15) is 41.2 Å². The van der Waals surface area contributed by atoms with Gasteiger partial charge in [-0.3, -0.25) is 14.2 Å². The van der Waals surface area contributed by atoms with Crippen molar-refractivity contribution < 1.29 is 9.90 Å². The smallest absolute Gasteiger partial charge is 0.251 e. The minimum Gasteiger partial charge on any atom is -0.390 e. The Bertz CT molecular complexity index is 954. The van der Waals surface area contributed by atoms with Crippen LogP contribution in [0.15, 0.2) is 47.3 Å². The highest BCUT2D eigenvalue weighted by Crippen LogP contribution is 2.39. The third-order valence-corrected chi connectivity index (χ3v) is 6.32. The molecule has 3 heterocycles. The fourth-order valence-electron chi connectivity index (χ4n) is 5.12. The number of aromatic nitrogens is 1. The zero-order chi connectivity index (χ0) is 18.5. The van der Waals surface area contributed by atoms with Crippen molar-refractivity contribution in [2.45, 2.75) is 36.9 Å². The molecule has 1 aromatic heterocycles. The van der Waals surface area contributed by atoms with Crippen LogP contribution in [0, 0.1) is 5.92 Å². The maximum Gasteiger partial charge on any atom is 0.251 e. The van der Waals surface area contributed by atoms with Crippen LogP contribution in [0.3, 0.4) is 0 Å². The number of nitrogens with zero attached hydrogens (tertiary/aromatic N) is 1. The van der Waals surface area contributed by atoms with Gasteiger partial charge >= 0.3 is 0 Å². The molecule has 5 rings (SSSR count). The van der Waals surface area contributed by atoms with E-state index in [1.54, 1.807) is 10.6 Å². The summed E-state index contributed by atoms with van der Waals surface area (Å²) in [6, 6.07) is 12.1. The van der Waals surface area contributed by atoms with Crippen molar-refractivity contribution in [1.82, 2.24) is 15.2 Å². The van der Waals surface area contributed by atoms with Gasteiger partial charge in [0.2, 0.25) is 5.91 Å². The monoisotopic (exact) mass is 365 g/mol. The summed E-state index contributed by atoms with van der Waals surface area (Å²) >= 11 is 0. The first-order chi connectivity index (χ1) is 13.1.